The van der Waals surface area contributed by atoms with Crippen molar-refractivity contribution in [2.45, 2.75) is 0 Å². The van der Waals surface area contributed by atoms with Crippen molar-refractivity contribution < 1.29 is 13.9 Å². The maximum Gasteiger partial charge on any atom is 0.251 e. The molecule has 102 valence electrons. The van der Waals surface area contributed by atoms with Gasteiger partial charge in [-0.3, -0.25) is 4.79 Å². The lowest BCUT2D eigenvalue weighted by Crippen LogP contribution is -2.08. The number of anilines is 1. The molecule has 2 rings (SSSR count). The van der Waals surface area contributed by atoms with E-state index in [1.54, 1.807) is 48.5 Å². The number of benzene rings is 2. The molecule has 0 unspecified atom stereocenters. The summed E-state index contributed by atoms with van der Waals surface area (Å²) in [5.74, 6) is -0.471. The Kier molecular flexibility index (Phi) is 4.50. The number of hydrogen-bond acceptors (Lipinski definition) is 2. The number of amides is 1. The predicted molar refractivity (Wildman–Crippen MR) is 77.2 cm³/mol. The van der Waals surface area contributed by atoms with Gasteiger partial charge in [0.25, 0.3) is 5.91 Å². The van der Waals surface area contributed by atoms with E-state index in [-0.39, 0.29) is 0 Å². The minimum absolute atomic E-state index is 0.328. The van der Waals surface area contributed by atoms with Gasteiger partial charge in [-0.1, -0.05) is 18.2 Å². The van der Waals surface area contributed by atoms with Crippen molar-refractivity contribution in [2.75, 3.05) is 12.4 Å². The second-order valence-electron chi connectivity index (χ2n) is 4.08. The number of para-hydroxylation sites is 1. The van der Waals surface area contributed by atoms with E-state index in [4.69, 9.17) is 4.74 Å². The topological polar surface area (TPSA) is 38.3 Å². The van der Waals surface area contributed by atoms with E-state index in [2.05, 4.69) is 5.32 Å². The number of carbonyl (C=O) groups excluding carboxylic acids is 1. The third-order valence-corrected chi connectivity index (χ3v) is 2.66. The Bertz CT molecular complexity index is 606. The lowest BCUT2D eigenvalue weighted by atomic mass is 10.2. The molecule has 0 aliphatic carbocycles. The zero-order valence-corrected chi connectivity index (χ0v) is 11.0. The lowest BCUT2D eigenvalue weighted by molar-refractivity contribution is -0.111. The normalized spacial score (nSPS) is 11.0. The molecule has 20 heavy (non-hydrogen) atoms. The van der Waals surface area contributed by atoms with Gasteiger partial charge in [0, 0.05) is 17.3 Å². The van der Waals surface area contributed by atoms with Crippen LogP contribution in [0.2, 0.25) is 0 Å². The first-order valence-corrected chi connectivity index (χ1v) is 6.06. The van der Waals surface area contributed by atoms with Gasteiger partial charge < -0.3 is 10.1 Å². The third kappa shape index (κ3) is 3.68. The summed E-state index contributed by atoms with van der Waals surface area (Å²) in [6, 6.07) is 15.3. The van der Waals surface area contributed by atoms with E-state index in [9.17, 15) is 9.18 Å². The summed E-state index contributed by atoms with van der Waals surface area (Å²) >= 11 is 0. The highest BCUT2D eigenvalue weighted by molar-refractivity contribution is 6.03. The first kappa shape index (κ1) is 13.8. The van der Waals surface area contributed by atoms with Crippen molar-refractivity contribution in [1.82, 2.24) is 0 Å². The van der Waals surface area contributed by atoms with Crippen molar-refractivity contribution in [3.05, 3.63) is 66.2 Å². The van der Waals surface area contributed by atoms with E-state index in [0.29, 0.717) is 17.0 Å². The summed E-state index contributed by atoms with van der Waals surface area (Å²) in [6.45, 7) is 0. The number of methoxy groups -OCH3 is 1. The number of hydrogen-bond donors (Lipinski definition) is 1. The molecular formula is C16H14FNO2. The highest BCUT2D eigenvalue weighted by atomic mass is 19.1. The first-order chi connectivity index (χ1) is 9.69. The van der Waals surface area contributed by atoms with E-state index in [0.717, 1.165) is 6.08 Å². The van der Waals surface area contributed by atoms with Crippen LogP contribution in [0.3, 0.4) is 0 Å². The van der Waals surface area contributed by atoms with Crippen LogP contribution in [0.1, 0.15) is 5.56 Å². The van der Waals surface area contributed by atoms with Crippen LogP contribution in [0.25, 0.3) is 5.83 Å². The fraction of sp³-hybridized carbons (Fsp3) is 0.0625. The van der Waals surface area contributed by atoms with Gasteiger partial charge in [0.15, 0.2) is 0 Å². The van der Waals surface area contributed by atoms with E-state index >= 15 is 0 Å². The fourth-order valence-electron chi connectivity index (χ4n) is 1.65. The number of rotatable bonds is 4. The van der Waals surface area contributed by atoms with Gasteiger partial charge >= 0.3 is 0 Å². The number of nitrogens with one attached hydrogen (secondary N) is 1. The smallest absolute Gasteiger partial charge is 0.251 e. The summed E-state index contributed by atoms with van der Waals surface area (Å²) in [4.78, 5) is 11.7. The fourth-order valence-corrected chi connectivity index (χ4v) is 1.65. The molecule has 1 amide bonds. The molecule has 4 heteroatoms. The second-order valence-corrected chi connectivity index (χ2v) is 4.08. The predicted octanol–water partition coefficient (Wildman–Crippen LogP) is 3.64. The number of ether oxygens (including phenoxy) is 1. The van der Waals surface area contributed by atoms with Crippen molar-refractivity contribution in [3.63, 3.8) is 0 Å². The number of carbonyl (C=O) groups is 1. The van der Waals surface area contributed by atoms with Gasteiger partial charge in [-0.2, -0.15) is 0 Å². The van der Waals surface area contributed by atoms with E-state index in [1.807, 2.05) is 6.07 Å². The minimum Gasteiger partial charge on any atom is -0.497 e. The average molecular weight is 271 g/mol. The zero-order valence-electron chi connectivity index (χ0n) is 11.0. The van der Waals surface area contributed by atoms with Gasteiger partial charge in [0.2, 0.25) is 0 Å². The van der Waals surface area contributed by atoms with Crippen LogP contribution in [0.5, 0.6) is 5.75 Å². The molecule has 0 radical (unpaired) electrons. The molecule has 0 fully saturated rings. The molecule has 3 nitrogen and oxygen atoms in total. The summed E-state index contributed by atoms with van der Waals surface area (Å²) in [5, 5.41) is 2.59. The molecule has 0 spiro atoms. The lowest BCUT2D eigenvalue weighted by Gasteiger charge is -2.03. The third-order valence-electron chi connectivity index (χ3n) is 2.66. The maximum absolute atomic E-state index is 13.9. The van der Waals surface area contributed by atoms with Gasteiger partial charge in [0.05, 0.1) is 7.11 Å². The summed E-state index contributed by atoms with van der Waals surface area (Å²) in [7, 11) is 1.54. The quantitative estimate of drug-likeness (QED) is 0.862. The molecule has 0 heterocycles. The van der Waals surface area contributed by atoms with Crippen molar-refractivity contribution in [3.8, 4) is 5.75 Å². The van der Waals surface area contributed by atoms with E-state index in [1.165, 1.54) is 7.11 Å². The van der Waals surface area contributed by atoms with Crippen molar-refractivity contribution in [2.24, 2.45) is 0 Å². The van der Waals surface area contributed by atoms with Crippen LogP contribution in [-0.4, -0.2) is 13.0 Å². The van der Waals surface area contributed by atoms with Gasteiger partial charge in [-0.15, -0.1) is 0 Å². The molecule has 2 aromatic rings. The van der Waals surface area contributed by atoms with Crippen LogP contribution in [-0.2, 0) is 4.79 Å². The molecule has 0 aromatic heterocycles. The molecule has 0 aliphatic heterocycles. The standard InChI is InChI=1S/C16H14FNO2/c1-20-14-9-7-12(8-10-14)15(17)11-16(19)18-13-5-3-2-4-6-13/h2-11H,1H3,(H,18,19)/b15-11+. The Morgan fingerprint density at radius 1 is 1.10 bits per heavy atom. The Labute approximate surface area is 116 Å². The molecule has 0 atom stereocenters. The average Bonchev–Trinajstić information content (AvgIpc) is 2.48. The van der Waals surface area contributed by atoms with Gasteiger partial charge in [-0.05, 0) is 36.4 Å². The molecule has 0 saturated heterocycles. The molecule has 0 saturated carbocycles. The van der Waals surface area contributed by atoms with Crippen LogP contribution in [0, 0.1) is 0 Å². The Balaban J connectivity index is 2.07. The van der Waals surface area contributed by atoms with Gasteiger partial charge in [-0.25, -0.2) is 4.39 Å². The first-order valence-electron chi connectivity index (χ1n) is 6.06. The van der Waals surface area contributed by atoms with Crippen LogP contribution >= 0.6 is 0 Å². The van der Waals surface area contributed by atoms with E-state index < -0.39 is 11.7 Å². The monoisotopic (exact) mass is 271 g/mol. The molecule has 1 N–H and O–H groups in total. The zero-order chi connectivity index (χ0) is 14.4. The van der Waals surface area contributed by atoms with Gasteiger partial charge in [0.1, 0.15) is 11.6 Å². The molecule has 0 bridgehead atoms. The SMILES string of the molecule is COc1ccc(/C(F)=C\C(=O)Nc2ccccc2)cc1. The molecule has 0 aliphatic rings. The van der Waals surface area contributed by atoms with Crippen LogP contribution in [0.4, 0.5) is 10.1 Å². The summed E-state index contributed by atoms with van der Waals surface area (Å²) < 4.78 is 18.9. The second kappa shape index (κ2) is 6.52. The Morgan fingerprint density at radius 2 is 1.75 bits per heavy atom. The van der Waals surface area contributed by atoms with Crippen molar-refractivity contribution in [1.29, 1.82) is 0 Å². The summed E-state index contributed by atoms with van der Waals surface area (Å²) in [5.41, 5.74) is 0.949. The van der Waals surface area contributed by atoms with Crippen molar-refractivity contribution >= 4 is 17.4 Å². The Hall–Kier alpha value is -2.62. The van der Waals surface area contributed by atoms with Crippen LogP contribution in [0.15, 0.2) is 60.7 Å². The maximum atomic E-state index is 13.9. The Morgan fingerprint density at radius 3 is 2.35 bits per heavy atom. The number of halogens is 1. The summed E-state index contributed by atoms with van der Waals surface area (Å²) in [6.07, 6.45) is 0.925. The molecular weight excluding hydrogens is 257 g/mol. The highest BCUT2D eigenvalue weighted by Gasteiger charge is 2.05. The van der Waals surface area contributed by atoms with Crippen LogP contribution < -0.4 is 10.1 Å². The largest absolute Gasteiger partial charge is 0.497 e. The highest BCUT2D eigenvalue weighted by Crippen LogP contribution is 2.19. The molecule has 2 aromatic carbocycles. The minimum atomic E-state index is -0.596.